The Morgan fingerprint density at radius 2 is 1.86 bits per heavy atom. The lowest BCUT2D eigenvalue weighted by Crippen LogP contribution is -2.64. The number of ether oxygens (including phenoxy) is 1. The van der Waals surface area contributed by atoms with Crippen LogP contribution in [-0.2, 0) is 9.53 Å². The Morgan fingerprint density at radius 1 is 1.17 bits per heavy atom. The van der Waals surface area contributed by atoms with Gasteiger partial charge in [-0.2, -0.15) is 0 Å². The minimum atomic E-state index is -0.424. The van der Waals surface area contributed by atoms with Crippen LogP contribution in [0.3, 0.4) is 0 Å². The van der Waals surface area contributed by atoms with Gasteiger partial charge in [0.1, 0.15) is 6.54 Å². The van der Waals surface area contributed by atoms with Crippen LogP contribution in [0.15, 0.2) is 24.5 Å². The fourth-order valence-electron chi connectivity index (χ4n) is 5.63. The minimum absolute atomic E-state index is 0.0754. The maximum Gasteiger partial charge on any atom is 0.325 e. The van der Waals surface area contributed by atoms with Gasteiger partial charge < -0.3 is 15.0 Å². The molecule has 1 spiro atoms. The highest BCUT2D eigenvalue weighted by Crippen LogP contribution is 2.58. The molecule has 0 radical (unpaired) electrons. The van der Waals surface area contributed by atoms with Crippen LogP contribution in [-0.4, -0.2) is 66.1 Å². The molecule has 3 heterocycles. The predicted octanol–water partition coefficient (Wildman–Crippen LogP) is 2.74. The highest BCUT2D eigenvalue weighted by molar-refractivity contribution is 5.80. The van der Waals surface area contributed by atoms with Crippen molar-refractivity contribution in [3.8, 4) is 0 Å². The fourth-order valence-corrected chi connectivity index (χ4v) is 5.63. The number of nitrogens with zero attached hydrogens (tertiary/aromatic N) is 3. The summed E-state index contributed by atoms with van der Waals surface area (Å²) in [5.74, 6) is -0.424. The number of hydrogen-bond donors (Lipinski definition) is 1. The number of rotatable bonds is 4. The summed E-state index contributed by atoms with van der Waals surface area (Å²) < 4.78 is 4.58. The van der Waals surface area contributed by atoms with E-state index < -0.39 is 5.97 Å². The van der Waals surface area contributed by atoms with Gasteiger partial charge in [-0.15, -0.1) is 0 Å². The molecule has 2 saturated heterocycles. The first-order valence-electron chi connectivity index (χ1n) is 10.9. The van der Waals surface area contributed by atoms with Gasteiger partial charge in [-0.25, -0.2) is 4.79 Å². The zero-order valence-electron chi connectivity index (χ0n) is 17.3. The molecule has 0 bridgehead atoms. The van der Waals surface area contributed by atoms with E-state index in [9.17, 15) is 9.59 Å². The lowest BCUT2D eigenvalue weighted by molar-refractivity contribution is -0.139. The molecule has 3 fully saturated rings. The normalized spacial score (nSPS) is 24.7. The molecular weight excluding hydrogens is 368 g/mol. The number of aromatic nitrogens is 1. The van der Waals surface area contributed by atoms with Crippen molar-refractivity contribution in [1.82, 2.24) is 20.1 Å². The largest absolute Gasteiger partial charge is 0.468 e. The SMILES string of the molecule is COC(=O)CNC(=O)N1CCC(N2CC3(CCCCC3)C2c2ccncc2)CC1. The van der Waals surface area contributed by atoms with Gasteiger partial charge in [0.05, 0.1) is 7.11 Å². The molecule has 7 nitrogen and oxygen atoms in total. The van der Waals surface area contributed by atoms with Gasteiger partial charge >= 0.3 is 12.0 Å². The third-order valence-electron chi connectivity index (χ3n) is 7.11. The average molecular weight is 401 g/mol. The molecule has 2 aliphatic heterocycles. The summed E-state index contributed by atoms with van der Waals surface area (Å²) in [7, 11) is 1.32. The first kappa shape index (κ1) is 20.1. The number of pyridine rings is 1. The molecule has 1 aromatic rings. The van der Waals surface area contributed by atoms with E-state index in [2.05, 4.69) is 32.1 Å². The second-order valence-electron chi connectivity index (χ2n) is 8.73. The standard InChI is InChI=1S/C22H32N4O3/c1-29-19(27)15-24-21(28)25-13-7-18(8-14-25)26-16-22(9-3-2-4-10-22)20(26)17-5-11-23-12-6-17/h5-6,11-12,18,20H,2-4,7-10,13-16H2,1H3,(H,24,28). The average Bonchev–Trinajstić information content (AvgIpc) is 2.77. The Labute approximate surface area is 172 Å². The zero-order valence-corrected chi connectivity index (χ0v) is 17.3. The Balaban J connectivity index is 1.38. The Kier molecular flexibility index (Phi) is 6.04. The van der Waals surface area contributed by atoms with Gasteiger partial charge in [0, 0.05) is 49.5 Å². The van der Waals surface area contributed by atoms with E-state index in [1.54, 1.807) is 0 Å². The van der Waals surface area contributed by atoms with Crippen molar-refractivity contribution >= 4 is 12.0 Å². The van der Waals surface area contributed by atoms with Crippen LogP contribution >= 0.6 is 0 Å². The lowest BCUT2D eigenvalue weighted by Gasteiger charge is -2.63. The summed E-state index contributed by atoms with van der Waals surface area (Å²) in [5, 5.41) is 2.65. The quantitative estimate of drug-likeness (QED) is 0.787. The van der Waals surface area contributed by atoms with Crippen LogP contribution in [0.2, 0.25) is 0 Å². The molecule has 1 N–H and O–H groups in total. The molecule has 2 amide bonds. The second-order valence-corrected chi connectivity index (χ2v) is 8.73. The smallest absolute Gasteiger partial charge is 0.325 e. The first-order chi connectivity index (χ1) is 14.1. The number of methoxy groups -OCH3 is 1. The highest BCUT2D eigenvalue weighted by atomic mass is 16.5. The highest BCUT2D eigenvalue weighted by Gasteiger charge is 2.54. The number of urea groups is 1. The predicted molar refractivity (Wildman–Crippen MR) is 109 cm³/mol. The van der Waals surface area contributed by atoms with E-state index in [-0.39, 0.29) is 12.6 Å². The van der Waals surface area contributed by atoms with Crippen LogP contribution in [0.25, 0.3) is 0 Å². The number of hydrogen-bond acceptors (Lipinski definition) is 5. The van der Waals surface area contributed by atoms with Gasteiger partial charge in [0.25, 0.3) is 0 Å². The van der Waals surface area contributed by atoms with Crippen molar-refractivity contribution in [2.75, 3.05) is 33.3 Å². The third kappa shape index (κ3) is 4.10. The molecule has 1 unspecified atom stereocenters. The Morgan fingerprint density at radius 3 is 2.52 bits per heavy atom. The summed E-state index contributed by atoms with van der Waals surface area (Å²) in [6.45, 7) is 2.56. The number of nitrogens with one attached hydrogen (secondary N) is 1. The van der Waals surface area contributed by atoms with Crippen LogP contribution in [0, 0.1) is 5.41 Å². The first-order valence-corrected chi connectivity index (χ1v) is 10.9. The summed E-state index contributed by atoms with van der Waals surface area (Å²) in [5.41, 5.74) is 1.82. The summed E-state index contributed by atoms with van der Waals surface area (Å²) in [6, 6.07) is 5.18. The molecule has 1 atom stereocenters. The number of carbonyl (C=O) groups is 2. The number of piperidine rings is 1. The van der Waals surface area contributed by atoms with Crippen LogP contribution < -0.4 is 5.32 Å². The Hall–Kier alpha value is -2.15. The summed E-state index contributed by atoms with van der Waals surface area (Å²) >= 11 is 0. The number of amides is 2. The lowest BCUT2D eigenvalue weighted by atomic mass is 9.60. The maximum atomic E-state index is 12.3. The molecular formula is C22H32N4O3. The summed E-state index contributed by atoms with van der Waals surface area (Å²) in [6.07, 6.45) is 12.5. The van der Waals surface area contributed by atoms with Gasteiger partial charge in [-0.05, 0) is 43.4 Å². The van der Waals surface area contributed by atoms with Crippen LogP contribution in [0.1, 0.15) is 56.6 Å². The minimum Gasteiger partial charge on any atom is -0.468 e. The molecule has 158 valence electrons. The molecule has 0 aromatic carbocycles. The number of likely N-dealkylation sites (tertiary alicyclic amines) is 2. The van der Waals surface area contributed by atoms with E-state index in [0.29, 0.717) is 17.5 Å². The number of carbonyl (C=O) groups excluding carboxylic acids is 2. The van der Waals surface area contributed by atoms with Crippen molar-refractivity contribution < 1.29 is 14.3 Å². The monoisotopic (exact) mass is 400 g/mol. The molecule has 4 rings (SSSR count). The molecule has 1 saturated carbocycles. The van der Waals surface area contributed by atoms with Crippen LogP contribution in [0.5, 0.6) is 0 Å². The molecule has 7 heteroatoms. The van der Waals surface area contributed by atoms with E-state index in [4.69, 9.17) is 0 Å². The van der Waals surface area contributed by atoms with E-state index in [0.717, 1.165) is 25.9 Å². The van der Waals surface area contributed by atoms with E-state index in [1.807, 2.05) is 17.3 Å². The molecule has 29 heavy (non-hydrogen) atoms. The van der Waals surface area contributed by atoms with Crippen molar-refractivity contribution in [2.24, 2.45) is 5.41 Å². The summed E-state index contributed by atoms with van der Waals surface area (Å²) in [4.78, 5) is 32.3. The number of esters is 1. The van der Waals surface area contributed by atoms with Crippen molar-refractivity contribution in [3.63, 3.8) is 0 Å². The van der Waals surface area contributed by atoms with E-state index >= 15 is 0 Å². The fraction of sp³-hybridized carbons (Fsp3) is 0.682. The second kappa shape index (κ2) is 8.69. The molecule has 1 aliphatic carbocycles. The zero-order chi connectivity index (χ0) is 20.3. The van der Waals surface area contributed by atoms with Gasteiger partial charge in [0.15, 0.2) is 0 Å². The van der Waals surface area contributed by atoms with Crippen LogP contribution in [0.4, 0.5) is 4.79 Å². The topological polar surface area (TPSA) is 74.8 Å². The third-order valence-corrected chi connectivity index (χ3v) is 7.11. The van der Waals surface area contributed by atoms with Crippen molar-refractivity contribution in [1.29, 1.82) is 0 Å². The molecule has 3 aliphatic rings. The van der Waals surface area contributed by atoms with Gasteiger partial charge in [-0.1, -0.05) is 19.3 Å². The molecule has 1 aromatic heterocycles. The van der Waals surface area contributed by atoms with Crippen molar-refractivity contribution in [2.45, 2.75) is 57.0 Å². The Bertz CT molecular complexity index is 712. The van der Waals surface area contributed by atoms with Gasteiger partial charge in [0.2, 0.25) is 0 Å². The maximum absolute atomic E-state index is 12.3. The van der Waals surface area contributed by atoms with Gasteiger partial charge in [-0.3, -0.25) is 14.7 Å². The van der Waals surface area contributed by atoms with Crippen molar-refractivity contribution in [3.05, 3.63) is 30.1 Å². The van der Waals surface area contributed by atoms with E-state index in [1.165, 1.54) is 51.3 Å².